The van der Waals surface area contributed by atoms with Gasteiger partial charge in [-0.1, -0.05) is 4.91 Å². The molecular weight excluding hydrogens is 386 g/mol. The van der Waals surface area contributed by atoms with Gasteiger partial charge in [0.25, 0.3) is 0 Å². The van der Waals surface area contributed by atoms with Gasteiger partial charge < -0.3 is 38.0 Å². The van der Waals surface area contributed by atoms with Crippen LogP contribution in [0.25, 0.3) is 0 Å². The maximum atomic E-state index is 8.24. The quantitative estimate of drug-likeness (QED) is 0.308. The van der Waals surface area contributed by atoms with Crippen molar-refractivity contribution >= 4 is 33.0 Å². The molecule has 1 fully saturated rings. The zero-order valence-electron chi connectivity index (χ0n) is 12.3. The third-order valence-electron chi connectivity index (χ3n) is 1.56. The zero-order chi connectivity index (χ0) is 16.5. The van der Waals surface area contributed by atoms with Gasteiger partial charge >= 0.3 is 25.4 Å². The molecule has 0 aromatic carbocycles. The summed E-state index contributed by atoms with van der Waals surface area (Å²) < 4.78 is 14.0. The van der Waals surface area contributed by atoms with E-state index in [0.717, 1.165) is 11.8 Å². The number of rotatable bonds is 4. The van der Waals surface area contributed by atoms with E-state index in [4.69, 9.17) is 10.5 Å². The first-order valence-corrected chi connectivity index (χ1v) is 7.82. The molecular formula is C13H16CoN2O3PS2. The molecule has 6 radical (unpaired) electrons. The molecule has 1 aliphatic carbocycles. The van der Waals surface area contributed by atoms with Crippen molar-refractivity contribution in [1.29, 1.82) is 10.5 Å². The van der Waals surface area contributed by atoms with E-state index < -0.39 is 8.60 Å². The monoisotopic (exact) mass is 402 g/mol. The molecule has 0 unspecified atom stereocenters. The summed E-state index contributed by atoms with van der Waals surface area (Å²) in [4.78, 5) is 0.213. The molecule has 1 aliphatic rings. The van der Waals surface area contributed by atoms with Crippen molar-refractivity contribution in [3.63, 3.8) is 0 Å². The van der Waals surface area contributed by atoms with Crippen LogP contribution in [0.4, 0.5) is 0 Å². The van der Waals surface area contributed by atoms with Crippen molar-refractivity contribution in [3.05, 3.63) is 48.2 Å². The summed E-state index contributed by atoms with van der Waals surface area (Å²) in [7, 11) is 3.57. The zero-order valence-corrected chi connectivity index (χ0v) is 15.9. The van der Waals surface area contributed by atoms with E-state index in [1.165, 1.54) is 0 Å². The van der Waals surface area contributed by atoms with E-state index in [9.17, 15) is 0 Å². The van der Waals surface area contributed by atoms with Gasteiger partial charge in [0, 0.05) is 26.2 Å². The minimum atomic E-state index is -1.05. The van der Waals surface area contributed by atoms with Crippen LogP contribution < -0.4 is 0 Å². The van der Waals surface area contributed by atoms with Gasteiger partial charge in [0.05, 0.1) is 6.07 Å². The molecule has 1 rings (SSSR count). The number of nitrogens with zero attached hydrogens (tertiary/aromatic N) is 2. The third kappa shape index (κ3) is 16.5. The topological polar surface area (TPSA) is 75.3 Å². The molecule has 0 bridgehead atoms. The Balaban J connectivity index is -0.000000249. The number of allylic oxidation sites excluding steroid dienone is 2. The third-order valence-corrected chi connectivity index (χ3v) is 3.46. The van der Waals surface area contributed by atoms with Gasteiger partial charge in [-0.05, 0) is 32.1 Å². The summed E-state index contributed by atoms with van der Waals surface area (Å²) in [5.74, 6) is 0. The normalized spacial score (nSPS) is 13.2. The fourth-order valence-electron chi connectivity index (χ4n) is 0.744. The Morgan fingerprint density at radius 3 is 1.45 bits per heavy atom. The van der Waals surface area contributed by atoms with Crippen LogP contribution in [0.5, 0.6) is 0 Å². The largest absolute Gasteiger partial charge is 2.00 e. The maximum absolute atomic E-state index is 8.24. The van der Waals surface area contributed by atoms with Crippen LogP contribution in [0.15, 0.2) is 9.81 Å². The SMILES string of the molecule is COP(OC)OC.[CH2-]S/C(C#N)=C(\[S-])C#N.[CH]1[CH][CH][CH][CH]1.[Co+2]. The molecule has 0 aromatic rings. The number of nitriles is 2. The minimum absolute atomic E-state index is 0. The van der Waals surface area contributed by atoms with E-state index in [2.05, 4.69) is 32.5 Å². The molecule has 0 amide bonds. The summed E-state index contributed by atoms with van der Waals surface area (Å²) in [6.07, 6.45) is 13.3. The Bertz CT molecular complexity index is 352. The summed E-state index contributed by atoms with van der Waals surface area (Å²) in [5, 5.41) is 16.4. The second-order valence-corrected chi connectivity index (χ2v) is 5.41. The summed E-state index contributed by atoms with van der Waals surface area (Å²) in [6.45, 7) is 0. The van der Waals surface area contributed by atoms with Crippen molar-refractivity contribution in [3.8, 4) is 12.1 Å². The molecule has 22 heavy (non-hydrogen) atoms. The molecule has 0 heterocycles. The molecule has 0 spiro atoms. The first kappa shape index (κ1) is 27.0. The van der Waals surface area contributed by atoms with Gasteiger partial charge in [0.1, 0.15) is 6.07 Å². The fraction of sp³-hybridized carbons (Fsp3) is 0.231. The van der Waals surface area contributed by atoms with Crippen molar-refractivity contribution in [2.75, 3.05) is 21.3 Å². The second kappa shape index (κ2) is 21.1. The van der Waals surface area contributed by atoms with Gasteiger partial charge in [-0.3, -0.25) is 6.26 Å². The first-order valence-electron chi connectivity index (χ1n) is 5.33. The molecule has 9 heteroatoms. The van der Waals surface area contributed by atoms with E-state index >= 15 is 0 Å². The molecule has 0 aromatic heterocycles. The van der Waals surface area contributed by atoms with Gasteiger partial charge in [0.2, 0.25) is 0 Å². The Morgan fingerprint density at radius 2 is 1.36 bits per heavy atom. The Kier molecular flexibility index (Phi) is 25.9. The number of hydrogen-bond acceptors (Lipinski definition) is 7. The molecule has 1 saturated carbocycles. The summed E-state index contributed by atoms with van der Waals surface area (Å²) in [6, 6.07) is 3.43. The molecule has 5 nitrogen and oxygen atoms in total. The maximum Gasteiger partial charge on any atom is 2.00 e. The van der Waals surface area contributed by atoms with Crippen LogP contribution >= 0.6 is 20.4 Å². The summed E-state index contributed by atoms with van der Waals surface area (Å²) >= 11 is 5.44. The van der Waals surface area contributed by atoms with Crippen LogP contribution in [-0.2, 0) is 43.0 Å². The van der Waals surface area contributed by atoms with E-state index in [-0.39, 0.29) is 26.6 Å². The predicted octanol–water partition coefficient (Wildman–Crippen LogP) is 3.49. The van der Waals surface area contributed by atoms with Gasteiger partial charge in [-0.15, -0.1) is 0 Å². The minimum Gasteiger partial charge on any atom is -0.767 e. The van der Waals surface area contributed by atoms with Crippen molar-refractivity contribution in [2.45, 2.75) is 0 Å². The van der Waals surface area contributed by atoms with Gasteiger partial charge in [0.15, 0.2) is 0 Å². The molecule has 0 aliphatic heterocycles. The average molecular weight is 402 g/mol. The van der Waals surface area contributed by atoms with Crippen molar-refractivity contribution in [1.82, 2.24) is 0 Å². The standard InChI is InChI=1S/C5H3N2S2.C5H5.C3H9O3P.Co/c1-9-5(3-7)4(8)2-6;1-2-4-5-3-1;1-4-7(5-2)6-3;/h8H,1H2;1-5H;1-3H3;/q-1;;;+2/p-1/b5-4-;;;. The molecule has 0 N–H and O–H groups in total. The summed E-state index contributed by atoms with van der Waals surface area (Å²) in [5.41, 5.74) is 0. The second-order valence-electron chi connectivity index (χ2n) is 2.76. The Hall–Kier alpha value is 0.106. The van der Waals surface area contributed by atoms with Crippen LogP contribution in [-0.4, -0.2) is 21.3 Å². The van der Waals surface area contributed by atoms with Gasteiger partial charge in [-0.2, -0.15) is 10.5 Å². The van der Waals surface area contributed by atoms with Crippen molar-refractivity contribution in [2.24, 2.45) is 0 Å². The van der Waals surface area contributed by atoms with Crippen LogP contribution in [0.3, 0.4) is 0 Å². The predicted molar refractivity (Wildman–Crippen MR) is 88.0 cm³/mol. The molecule has 0 saturated heterocycles. The molecule has 122 valence electrons. The Morgan fingerprint density at radius 1 is 1.00 bits per heavy atom. The molecule has 0 atom stereocenters. The first-order chi connectivity index (χ1) is 10.1. The average Bonchev–Trinajstić information content (AvgIpc) is 3.10. The van der Waals surface area contributed by atoms with E-state index in [1.807, 2.05) is 32.1 Å². The van der Waals surface area contributed by atoms with E-state index in [1.54, 1.807) is 33.5 Å². The fourth-order valence-corrected chi connectivity index (χ4v) is 1.65. The number of hydrogen-bond donors (Lipinski definition) is 0. The van der Waals surface area contributed by atoms with Crippen LogP contribution in [0.2, 0.25) is 0 Å². The number of thioether (sulfide) groups is 1. The smallest absolute Gasteiger partial charge is 0.767 e. The van der Waals surface area contributed by atoms with Crippen LogP contribution in [0, 0.1) is 61.0 Å². The van der Waals surface area contributed by atoms with E-state index in [0.29, 0.717) is 0 Å². The van der Waals surface area contributed by atoms with Gasteiger partial charge in [-0.25, -0.2) is 0 Å². The van der Waals surface area contributed by atoms with Crippen molar-refractivity contribution < 1.29 is 30.4 Å². The van der Waals surface area contributed by atoms with Crippen LogP contribution in [0.1, 0.15) is 0 Å². The Labute approximate surface area is 155 Å².